The summed E-state index contributed by atoms with van der Waals surface area (Å²) in [5.74, 6) is -1.13. The molecular weight excluding hydrogens is 382 g/mol. The van der Waals surface area contributed by atoms with Crippen LogP contribution in [-0.4, -0.2) is 11.8 Å². The van der Waals surface area contributed by atoms with Crippen LogP contribution in [0.1, 0.15) is 50.8 Å². The van der Waals surface area contributed by atoms with Crippen LogP contribution in [0.25, 0.3) is 12.2 Å². The van der Waals surface area contributed by atoms with Gasteiger partial charge in [-0.2, -0.15) is 0 Å². The Morgan fingerprint density at radius 1 is 0.926 bits per heavy atom. The number of hydrogen-bond acceptors (Lipinski definition) is 4. The molecule has 0 saturated heterocycles. The monoisotopic (exact) mass is 400 g/mol. The molecule has 0 heterocycles. The highest BCUT2D eigenvalue weighted by Gasteiger charge is 2.35. The highest BCUT2D eigenvalue weighted by molar-refractivity contribution is 7.45. The largest absolute Gasteiger partial charge is 0.366 e. The SMILES string of the molecule is CCC(P=O)(P=O)c1cc(C(N)=O)ccc1C=Cc1ccc(C(N)=O)cc1. The van der Waals surface area contributed by atoms with Crippen molar-refractivity contribution in [1.82, 2.24) is 0 Å². The average molecular weight is 400 g/mol. The molecule has 0 unspecified atom stereocenters. The van der Waals surface area contributed by atoms with Gasteiger partial charge in [-0.3, -0.25) is 18.7 Å². The van der Waals surface area contributed by atoms with Crippen molar-refractivity contribution in [3.8, 4) is 0 Å². The van der Waals surface area contributed by atoms with Crippen molar-refractivity contribution < 1.29 is 18.7 Å². The number of amides is 2. The maximum absolute atomic E-state index is 11.8. The lowest BCUT2D eigenvalue weighted by Crippen LogP contribution is -2.16. The Balaban J connectivity index is 2.52. The van der Waals surface area contributed by atoms with Gasteiger partial charge in [0.05, 0.1) is 0 Å². The Labute approximate surface area is 160 Å². The smallest absolute Gasteiger partial charge is 0.248 e. The van der Waals surface area contributed by atoms with E-state index >= 15 is 0 Å². The van der Waals surface area contributed by atoms with Crippen molar-refractivity contribution in [2.75, 3.05) is 0 Å². The van der Waals surface area contributed by atoms with Gasteiger partial charge < -0.3 is 11.5 Å². The van der Waals surface area contributed by atoms with Crippen LogP contribution < -0.4 is 11.5 Å². The van der Waals surface area contributed by atoms with Crippen LogP contribution in [0, 0.1) is 0 Å². The lowest BCUT2D eigenvalue weighted by molar-refractivity contribution is 0.0992. The minimum atomic E-state index is -1.17. The molecular formula is C19H18N2O4P2. The van der Waals surface area contributed by atoms with Gasteiger partial charge in [-0.05, 0) is 47.4 Å². The first kappa shape index (κ1) is 20.6. The number of nitrogens with two attached hydrogens (primary N) is 2. The number of carbonyl (C=O) groups excluding carboxylic acids is 2. The molecule has 8 heteroatoms. The van der Waals surface area contributed by atoms with Crippen LogP contribution in [0.4, 0.5) is 0 Å². The lowest BCUT2D eigenvalue weighted by atomic mass is 9.97. The Bertz CT molecular complexity index is 916. The van der Waals surface area contributed by atoms with Crippen LogP contribution in [0.3, 0.4) is 0 Å². The van der Waals surface area contributed by atoms with Gasteiger partial charge in [-0.15, -0.1) is 0 Å². The van der Waals surface area contributed by atoms with Crippen LogP contribution in [0.2, 0.25) is 0 Å². The van der Waals surface area contributed by atoms with Crippen molar-refractivity contribution in [2.45, 2.75) is 18.2 Å². The van der Waals surface area contributed by atoms with Gasteiger partial charge in [0.15, 0.2) is 21.8 Å². The number of primary amides is 2. The summed E-state index contributed by atoms with van der Waals surface area (Å²) in [6.45, 7) is 1.77. The summed E-state index contributed by atoms with van der Waals surface area (Å²) in [5.41, 5.74) is 13.2. The van der Waals surface area contributed by atoms with E-state index in [0.717, 1.165) is 5.56 Å². The van der Waals surface area contributed by atoms with Crippen molar-refractivity contribution >= 4 is 40.9 Å². The van der Waals surface area contributed by atoms with Crippen molar-refractivity contribution in [3.05, 3.63) is 70.3 Å². The van der Waals surface area contributed by atoms with Crippen molar-refractivity contribution in [1.29, 1.82) is 0 Å². The van der Waals surface area contributed by atoms with E-state index in [2.05, 4.69) is 0 Å². The first-order valence-electron chi connectivity index (χ1n) is 8.08. The predicted molar refractivity (Wildman–Crippen MR) is 106 cm³/mol. The predicted octanol–water partition coefficient (Wildman–Crippen LogP) is 4.20. The molecule has 4 N–H and O–H groups in total. The Kier molecular flexibility index (Phi) is 6.73. The molecule has 2 amide bonds. The van der Waals surface area contributed by atoms with Crippen LogP contribution in [0.15, 0.2) is 42.5 Å². The molecule has 0 spiro atoms. The minimum Gasteiger partial charge on any atom is -0.366 e. The van der Waals surface area contributed by atoms with Gasteiger partial charge in [0, 0.05) is 11.1 Å². The molecule has 0 aliphatic carbocycles. The number of carbonyl (C=O) groups is 2. The zero-order valence-corrected chi connectivity index (χ0v) is 16.4. The molecule has 0 aliphatic heterocycles. The molecule has 138 valence electrons. The van der Waals surface area contributed by atoms with Crippen LogP contribution in [0.5, 0.6) is 0 Å². The van der Waals surface area contributed by atoms with E-state index in [1.807, 2.05) is 0 Å². The van der Waals surface area contributed by atoms with E-state index in [-0.39, 0.29) is 22.5 Å². The molecule has 27 heavy (non-hydrogen) atoms. The summed E-state index contributed by atoms with van der Waals surface area (Å²) in [6.07, 6.45) is 3.89. The van der Waals surface area contributed by atoms with E-state index in [9.17, 15) is 18.7 Å². The summed E-state index contributed by atoms with van der Waals surface area (Å²) < 4.78 is 23.6. The van der Waals surface area contributed by atoms with Crippen LogP contribution >= 0.6 is 16.9 Å². The Hall–Kier alpha value is -2.68. The number of hydrogen-bond donors (Lipinski definition) is 2. The van der Waals surface area contributed by atoms with E-state index < -0.39 is 16.7 Å². The summed E-state index contributed by atoms with van der Waals surface area (Å²) in [6, 6.07) is 11.5. The second kappa shape index (κ2) is 8.81. The maximum atomic E-state index is 11.8. The molecule has 0 aromatic heterocycles. The van der Waals surface area contributed by atoms with E-state index in [4.69, 9.17) is 11.5 Å². The second-order valence-electron chi connectivity index (χ2n) is 5.84. The molecule has 0 saturated carbocycles. The molecule has 2 rings (SSSR count). The fraction of sp³-hybridized carbons (Fsp3) is 0.158. The molecule has 2 aromatic carbocycles. The molecule has 6 nitrogen and oxygen atoms in total. The standard InChI is InChI=1S/C19H18N2O4P2/c1-2-19(26-24,27-25)16-11-15(18(21)23)10-9-13(16)6-3-12-4-7-14(8-5-12)17(20)22/h3-11H,2H2,1H3,(H2,20,22)(H2,21,23). The van der Waals surface area contributed by atoms with Gasteiger partial charge >= 0.3 is 0 Å². The van der Waals surface area contributed by atoms with E-state index in [1.165, 1.54) is 6.07 Å². The zero-order chi connectivity index (χ0) is 20.0. The highest BCUT2D eigenvalue weighted by Crippen LogP contribution is 2.49. The first-order valence-corrected chi connectivity index (χ1v) is 9.70. The zero-order valence-electron chi connectivity index (χ0n) is 14.6. The second-order valence-corrected chi connectivity index (χ2v) is 8.08. The maximum Gasteiger partial charge on any atom is 0.248 e. The third-order valence-corrected chi connectivity index (χ3v) is 6.42. The van der Waals surface area contributed by atoms with Crippen molar-refractivity contribution in [3.63, 3.8) is 0 Å². The Morgan fingerprint density at radius 2 is 1.48 bits per heavy atom. The molecule has 0 atom stereocenters. The van der Waals surface area contributed by atoms with Gasteiger partial charge in [0.2, 0.25) is 11.8 Å². The first-order chi connectivity index (χ1) is 12.9. The van der Waals surface area contributed by atoms with E-state index in [1.54, 1.807) is 55.5 Å². The highest BCUT2D eigenvalue weighted by atomic mass is 31.1. The third kappa shape index (κ3) is 4.54. The molecule has 0 fully saturated rings. The van der Waals surface area contributed by atoms with Gasteiger partial charge in [0.25, 0.3) is 0 Å². The molecule has 2 aromatic rings. The molecule has 0 aliphatic rings. The quantitative estimate of drug-likeness (QED) is 0.509. The van der Waals surface area contributed by atoms with Gasteiger partial charge in [-0.1, -0.05) is 37.3 Å². The summed E-state index contributed by atoms with van der Waals surface area (Å²) in [4.78, 5) is 21.5. The van der Waals surface area contributed by atoms with Crippen molar-refractivity contribution in [2.24, 2.45) is 11.5 Å². The third-order valence-electron chi connectivity index (χ3n) is 4.21. The summed E-state index contributed by atoms with van der Waals surface area (Å²) >= 11 is 0. The molecule has 0 radical (unpaired) electrons. The number of benzene rings is 2. The van der Waals surface area contributed by atoms with Crippen LogP contribution in [-0.2, 0) is 14.0 Å². The average Bonchev–Trinajstić information content (AvgIpc) is 2.68. The minimum absolute atomic E-state index is 0.248. The fourth-order valence-electron chi connectivity index (χ4n) is 2.58. The normalized spacial score (nSPS) is 13.7. The number of rotatable bonds is 8. The van der Waals surface area contributed by atoms with E-state index in [0.29, 0.717) is 23.1 Å². The lowest BCUT2D eigenvalue weighted by Gasteiger charge is -2.20. The van der Waals surface area contributed by atoms with Gasteiger partial charge in [-0.25, -0.2) is 0 Å². The summed E-state index contributed by atoms with van der Waals surface area (Å²) in [7, 11) is -0.643. The summed E-state index contributed by atoms with van der Waals surface area (Å²) in [5, 5.41) is 0. The fourth-order valence-corrected chi connectivity index (χ4v) is 3.56. The van der Waals surface area contributed by atoms with Gasteiger partial charge in [0.1, 0.15) is 0 Å². The molecule has 0 bridgehead atoms. The topological polar surface area (TPSA) is 120 Å². The Morgan fingerprint density at radius 3 is 1.96 bits per heavy atom.